The molecular formula is C23H25BrN2O2. The Kier molecular flexibility index (Phi) is 7.46. The topological polar surface area (TPSA) is 43.4 Å². The third-order valence-corrected chi connectivity index (χ3v) is 4.83. The average molecular weight is 441 g/mol. The Balaban J connectivity index is 1.68. The van der Waals surface area contributed by atoms with E-state index in [9.17, 15) is 0 Å². The van der Waals surface area contributed by atoms with Gasteiger partial charge in [0.25, 0.3) is 0 Å². The van der Waals surface area contributed by atoms with Crippen LogP contribution >= 0.6 is 15.9 Å². The summed E-state index contributed by atoms with van der Waals surface area (Å²) in [7, 11) is 0. The van der Waals surface area contributed by atoms with Crippen molar-refractivity contribution < 1.29 is 9.47 Å². The van der Waals surface area contributed by atoms with Crippen molar-refractivity contribution in [3.05, 3.63) is 87.7 Å². The number of hydrogen-bond acceptors (Lipinski definition) is 4. The highest BCUT2D eigenvalue weighted by Crippen LogP contribution is 2.37. The Morgan fingerprint density at radius 1 is 0.929 bits per heavy atom. The molecule has 0 aliphatic rings. The summed E-state index contributed by atoms with van der Waals surface area (Å²) in [5.41, 5.74) is 4.70. The fraction of sp³-hybridized carbons (Fsp3) is 0.261. The van der Waals surface area contributed by atoms with Crippen LogP contribution in [0.1, 0.15) is 29.2 Å². The molecule has 0 saturated heterocycles. The number of aryl methyl sites for hydroxylation is 1. The molecule has 0 aliphatic carbocycles. The number of aromatic nitrogens is 1. The van der Waals surface area contributed by atoms with Crippen molar-refractivity contribution in [3.8, 4) is 11.5 Å². The van der Waals surface area contributed by atoms with Gasteiger partial charge < -0.3 is 14.8 Å². The minimum atomic E-state index is 0.500. The molecule has 0 radical (unpaired) electrons. The van der Waals surface area contributed by atoms with Crippen molar-refractivity contribution in [3.63, 3.8) is 0 Å². The van der Waals surface area contributed by atoms with Crippen LogP contribution in [0.3, 0.4) is 0 Å². The minimum Gasteiger partial charge on any atom is -0.490 e. The molecule has 1 aromatic heterocycles. The molecule has 0 fully saturated rings. The zero-order chi connectivity index (χ0) is 19.8. The largest absolute Gasteiger partial charge is 0.490 e. The molecule has 0 spiro atoms. The normalized spacial score (nSPS) is 10.7. The average Bonchev–Trinajstić information content (AvgIpc) is 2.68. The molecule has 1 N–H and O–H groups in total. The van der Waals surface area contributed by atoms with E-state index >= 15 is 0 Å². The van der Waals surface area contributed by atoms with Crippen LogP contribution in [0, 0.1) is 6.92 Å². The Morgan fingerprint density at radius 2 is 1.71 bits per heavy atom. The van der Waals surface area contributed by atoms with Gasteiger partial charge in [-0.2, -0.15) is 0 Å². The van der Waals surface area contributed by atoms with Crippen LogP contribution in [0.15, 0.2) is 65.4 Å². The Labute approximate surface area is 175 Å². The van der Waals surface area contributed by atoms with Gasteiger partial charge in [0, 0.05) is 25.5 Å². The van der Waals surface area contributed by atoms with E-state index in [-0.39, 0.29) is 0 Å². The first kappa shape index (κ1) is 20.4. The van der Waals surface area contributed by atoms with Crippen molar-refractivity contribution in [2.45, 2.75) is 33.5 Å². The fourth-order valence-corrected chi connectivity index (χ4v) is 3.54. The molecule has 1 heterocycles. The summed E-state index contributed by atoms with van der Waals surface area (Å²) in [6, 6.07) is 16.5. The van der Waals surface area contributed by atoms with E-state index in [2.05, 4.69) is 57.4 Å². The number of halogens is 1. The summed E-state index contributed by atoms with van der Waals surface area (Å²) < 4.78 is 12.8. The summed E-state index contributed by atoms with van der Waals surface area (Å²) in [6.45, 7) is 6.67. The third-order valence-electron chi connectivity index (χ3n) is 4.24. The summed E-state index contributed by atoms with van der Waals surface area (Å²) >= 11 is 3.65. The molecule has 0 atom stereocenters. The predicted octanol–water partition coefficient (Wildman–Crippen LogP) is 5.42. The highest BCUT2D eigenvalue weighted by Gasteiger charge is 2.13. The molecule has 28 heavy (non-hydrogen) atoms. The SMILES string of the molecule is CCOc1cc(CNCc2ccncc2)cc(Br)c1OCc1cccc(C)c1. The quantitative estimate of drug-likeness (QED) is 0.482. The van der Waals surface area contributed by atoms with Crippen molar-refractivity contribution in [2.24, 2.45) is 0 Å². The highest BCUT2D eigenvalue weighted by molar-refractivity contribution is 9.10. The number of rotatable bonds is 9. The van der Waals surface area contributed by atoms with Gasteiger partial charge in [0.2, 0.25) is 0 Å². The maximum Gasteiger partial charge on any atom is 0.175 e. The van der Waals surface area contributed by atoms with Crippen LogP contribution in [0.25, 0.3) is 0 Å². The maximum atomic E-state index is 6.09. The van der Waals surface area contributed by atoms with Crippen molar-refractivity contribution >= 4 is 15.9 Å². The first-order valence-corrected chi connectivity index (χ1v) is 10.2. The second-order valence-corrected chi connectivity index (χ2v) is 7.43. The molecule has 4 nitrogen and oxygen atoms in total. The van der Waals surface area contributed by atoms with Crippen molar-refractivity contribution in [1.29, 1.82) is 0 Å². The molecule has 5 heteroatoms. The standard InChI is InChI=1S/C23H25BrN2O2/c1-3-27-22-13-20(15-26-14-18-7-9-25-10-8-18)12-21(24)23(22)28-16-19-6-4-5-17(2)11-19/h4-13,26H,3,14-16H2,1-2H3. The number of nitrogens with zero attached hydrogens (tertiary/aromatic N) is 1. The molecule has 3 rings (SSSR count). The van der Waals surface area contributed by atoms with Crippen LogP contribution in [0.4, 0.5) is 0 Å². The lowest BCUT2D eigenvalue weighted by atomic mass is 10.1. The zero-order valence-electron chi connectivity index (χ0n) is 16.2. The highest BCUT2D eigenvalue weighted by atomic mass is 79.9. The lowest BCUT2D eigenvalue weighted by Gasteiger charge is -2.16. The molecule has 0 unspecified atom stereocenters. The van der Waals surface area contributed by atoms with Gasteiger partial charge in [0.1, 0.15) is 6.61 Å². The second kappa shape index (κ2) is 10.2. The third kappa shape index (κ3) is 5.81. The van der Waals surface area contributed by atoms with E-state index in [4.69, 9.17) is 9.47 Å². The lowest BCUT2D eigenvalue weighted by Crippen LogP contribution is -2.13. The van der Waals surface area contributed by atoms with E-state index in [0.29, 0.717) is 13.2 Å². The fourth-order valence-electron chi connectivity index (χ4n) is 2.94. The van der Waals surface area contributed by atoms with Crippen LogP contribution in [-0.2, 0) is 19.7 Å². The van der Waals surface area contributed by atoms with Crippen LogP contribution in [0.2, 0.25) is 0 Å². The Hall–Kier alpha value is -2.37. The lowest BCUT2D eigenvalue weighted by molar-refractivity contribution is 0.267. The van der Waals surface area contributed by atoms with Gasteiger partial charge in [0.05, 0.1) is 11.1 Å². The van der Waals surface area contributed by atoms with Gasteiger partial charge in [0.15, 0.2) is 11.5 Å². The van der Waals surface area contributed by atoms with E-state index in [1.165, 1.54) is 11.1 Å². The van der Waals surface area contributed by atoms with Crippen molar-refractivity contribution in [1.82, 2.24) is 10.3 Å². The molecule has 0 bridgehead atoms. The second-order valence-electron chi connectivity index (χ2n) is 6.57. The monoisotopic (exact) mass is 440 g/mol. The van der Waals surface area contributed by atoms with Gasteiger partial charge in [-0.15, -0.1) is 0 Å². The first-order valence-electron chi connectivity index (χ1n) is 9.39. The van der Waals surface area contributed by atoms with Gasteiger partial charge in [-0.1, -0.05) is 29.8 Å². The summed E-state index contributed by atoms with van der Waals surface area (Å²) in [5.74, 6) is 1.49. The number of benzene rings is 2. The zero-order valence-corrected chi connectivity index (χ0v) is 17.8. The molecule has 2 aromatic carbocycles. The van der Waals surface area contributed by atoms with Crippen LogP contribution in [0.5, 0.6) is 11.5 Å². The number of pyridine rings is 1. The molecule has 0 saturated carbocycles. The summed E-state index contributed by atoms with van der Waals surface area (Å²) in [4.78, 5) is 4.04. The maximum absolute atomic E-state index is 6.09. The van der Waals surface area contributed by atoms with Crippen LogP contribution < -0.4 is 14.8 Å². The Morgan fingerprint density at radius 3 is 2.46 bits per heavy atom. The van der Waals surface area contributed by atoms with Gasteiger partial charge in [-0.25, -0.2) is 0 Å². The van der Waals surface area contributed by atoms with E-state index in [1.54, 1.807) is 12.4 Å². The van der Waals surface area contributed by atoms with Crippen molar-refractivity contribution in [2.75, 3.05) is 6.61 Å². The summed E-state index contributed by atoms with van der Waals surface area (Å²) in [5, 5.41) is 3.45. The van der Waals surface area contributed by atoms with E-state index in [0.717, 1.165) is 40.2 Å². The van der Waals surface area contributed by atoms with E-state index in [1.807, 2.05) is 31.2 Å². The van der Waals surface area contributed by atoms with Gasteiger partial charge >= 0.3 is 0 Å². The first-order chi connectivity index (χ1) is 13.7. The number of ether oxygens (including phenoxy) is 2. The molecule has 0 aliphatic heterocycles. The number of nitrogens with one attached hydrogen (secondary N) is 1. The van der Waals surface area contributed by atoms with Gasteiger partial charge in [-0.3, -0.25) is 4.98 Å². The van der Waals surface area contributed by atoms with Crippen LogP contribution in [-0.4, -0.2) is 11.6 Å². The van der Waals surface area contributed by atoms with E-state index < -0.39 is 0 Å². The summed E-state index contributed by atoms with van der Waals surface area (Å²) in [6.07, 6.45) is 3.61. The number of hydrogen-bond donors (Lipinski definition) is 1. The molecule has 0 amide bonds. The molecular weight excluding hydrogens is 416 g/mol. The van der Waals surface area contributed by atoms with Gasteiger partial charge in [-0.05, 0) is 70.7 Å². The molecule has 3 aromatic rings. The minimum absolute atomic E-state index is 0.500. The Bertz CT molecular complexity index is 900. The molecule has 146 valence electrons. The predicted molar refractivity (Wildman–Crippen MR) is 116 cm³/mol. The smallest absolute Gasteiger partial charge is 0.175 e.